The van der Waals surface area contributed by atoms with E-state index >= 15 is 0 Å². The van der Waals surface area contributed by atoms with Crippen LogP contribution in [0.2, 0.25) is 0 Å². The standard InChI is InChI=1S/C23H36O6.C18H25F9O4.C16H26O2.3CH4/c1-7-21(5,6)18(25)27-13-17(24)28-23-11-15-8-16(12-23)10-22(9-15,14-23)19(26)29-20(2,3)4;1-5-13(2,3)12(28)31-11-7-9(14(4,29)16(19,20)21)6-10(8-11)15(30,17(22,23)24)18(25,26)27;1-4-15(2,3)14(17)18-16-8-11-5-12(9-16)7-13(6-11)10-16;;;/h15-16H,7-14H2,1-6H3;9-11,29-30H,5-8H2,1-4H3;11-13H,4-10H2,1-3H3;3*1H4. The molecular weight excluding hydrogens is 1080 g/mol. The van der Waals surface area contributed by atoms with E-state index in [2.05, 4.69) is 6.92 Å². The summed E-state index contributed by atoms with van der Waals surface area (Å²) >= 11 is 0. The lowest BCUT2D eigenvalue weighted by Gasteiger charge is -2.60. The van der Waals surface area contributed by atoms with Gasteiger partial charge in [-0.1, -0.05) is 43.1 Å². The van der Waals surface area contributed by atoms with Crippen molar-refractivity contribution in [2.75, 3.05) is 6.61 Å². The van der Waals surface area contributed by atoms with Crippen LogP contribution in [0.3, 0.4) is 0 Å². The van der Waals surface area contributed by atoms with E-state index in [1.807, 2.05) is 41.5 Å². The van der Waals surface area contributed by atoms with Crippen molar-refractivity contribution >= 4 is 29.8 Å². The zero-order valence-electron chi connectivity index (χ0n) is 47.9. The lowest BCUT2D eigenvalue weighted by molar-refractivity contribution is -0.391. The van der Waals surface area contributed by atoms with Crippen molar-refractivity contribution in [2.45, 2.75) is 281 Å². The van der Waals surface area contributed by atoms with Crippen LogP contribution in [-0.2, 0) is 47.7 Å². The van der Waals surface area contributed by atoms with Crippen molar-refractivity contribution < 1.29 is 97.4 Å². The maximum atomic E-state index is 13.3. The van der Waals surface area contributed by atoms with E-state index in [9.17, 15) is 73.7 Å². The number of rotatable bonds is 14. The van der Waals surface area contributed by atoms with E-state index < -0.39 is 112 Å². The van der Waals surface area contributed by atoms with Crippen LogP contribution in [0.15, 0.2) is 0 Å². The summed E-state index contributed by atoms with van der Waals surface area (Å²) in [5.41, 5.74) is -13.0. The third-order valence-electron chi connectivity index (χ3n) is 18.9. The number of ether oxygens (including phenoxy) is 5. The van der Waals surface area contributed by atoms with Gasteiger partial charge in [-0.2, -0.15) is 39.5 Å². The maximum Gasteiger partial charge on any atom is 0.426 e. The van der Waals surface area contributed by atoms with Gasteiger partial charge in [-0.15, -0.1) is 0 Å². The van der Waals surface area contributed by atoms with Gasteiger partial charge in [0.1, 0.15) is 22.9 Å². The molecule has 474 valence electrons. The lowest BCUT2D eigenvalue weighted by atomic mass is 9.48. The van der Waals surface area contributed by atoms with E-state index in [0.717, 1.165) is 75.5 Å². The van der Waals surface area contributed by atoms with Gasteiger partial charge in [0, 0.05) is 18.3 Å². The highest BCUT2D eigenvalue weighted by atomic mass is 19.4. The Morgan fingerprint density at radius 2 is 0.877 bits per heavy atom. The van der Waals surface area contributed by atoms with E-state index in [1.165, 1.54) is 33.1 Å². The van der Waals surface area contributed by atoms with Crippen molar-refractivity contribution in [1.82, 2.24) is 0 Å². The van der Waals surface area contributed by atoms with Gasteiger partial charge in [-0.25, -0.2) is 4.79 Å². The number of aliphatic hydroxyl groups is 2. The van der Waals surface area contributed by atoms with E-state index in [-0.39, 0.29) is 65.2 Å². The van der Waals surface area contributed by atoms with Crippen molar-refractivity contribution in [2.24, 2.45) is 63.1 Å². The fourth-order valence-electron chi connectivity index (χ4n) is 13.8. The Bertz CT molecular complexity index is 2110. The molecule has 9 aliphatic carbocycles. The van der Waals surface area contributed by atoms with Crippen molar-refractivity contribution in [1.29, 1.82) is 0 Å². The molecule has 0 aromatic carbocycles. The molecule has 0 aromatic heterocycles. The third kappa shape index (κ3) is 16.3. The Hall–Kier alpha value is -3.36. The van der Waals surface area contributed by atoms with Crippen LogP contribution >= 0.6 is 0 Å². The Morgan fingerprint density at radius 1 is 0.481 bits per heavy atom. The summed E-state index contributed by atoms with van der Waals surface area (Å²) in [6.45, 7) is 21.4. The quantitative estimate of drug-likeness (QED) is 0.0959. The molecule has 0 spiro atoms. The largest absolute Gasteiger partial charge is 0.462 e. The van der Waals surface area contributed by atoms with Crippen LogP contribution in [0.25, 0.3) is 0 Å². The van der Waals surface area contributed by atoms with Crippen molar-refractivity contribution in [3.63, 3.8) is 0 Å². The van der Waals surface area contributed by atoms with Crippen LogP contribution in [0.1, 0.15) is 228 Å². The first-order valence-electron chi connectivity index (χ1n) is 27.9. The first kappa shape index (κ1) is 73.7. The summed E-state index contributed by atoms with van der Waals surface area (Å²) < 4.78 is 148. The molecule has 0 saturated heterocycles. The van der Waals surface area contributed by atoms with Gasteiger partial charge >= 0.3 is 48.4 Å². The van der Waals surface area contributed by atoms with Gasteiger partial charge in [0.15, 0.2) is 12.2 Å². The molecule has 9 saturated carbocycles. The minimum Gasteiger partial charge on any atom is -0.462 e. The number of carbonyl (C=O) groups excluding carboxylic acids is 5. The van der Waals surface area contributed by atoms with Crippen LogP contribution in [0.4, 0.5) is 39.5 Å². The van der Waals surface area contributed by atoms with Gasteiger partial charge in [0.2, 0.25) is 0 Å². The molecule has 21 heteroatoms. The molecule has 0 amide bonds. The topological polar surface area (TPSA) is 172 Å². The molecule has 6 atom stereocenters. The molecule has 8 bridgehead atoms. The molecule has 9 aliphatic rings. The van der Waals surface area contributed by atoms with Crippen LogP contribution < -0.4 is 0 Å². The number of hydrogen-bond donors (Lipinski definition) is 2. The summed E-state index contributed by atoms with van der Waals surface area (Å²) in [5.74, 6) is -3.85. The monoisotopic (exact) mass is 1180 g/mol. The number of carbonyl (C=O) groups is 5. The minimum absolute atomic E-state index is 0. The number of hydrogen-bond acceptors (Lipinski definition) is 12. The van der Waals surface area contributed by atoms with Crippen molar-refractivity contribution in [3.8, 4) is 0 Å². The smallest absolute Gasteiger partial charge is 0.426 e. The van der Waals surface area contributed by atoms with Gasteiger partial charge in [0.25, 0.3) is 5.60 Å². The molecule has 12 nitrogen and oxygen atoms in total. The molecule has 0 heterocycles. The normalized spacial score (nSPS) is 31.4. The summed E-state index contributed by atoms with van der Waals surface area (Å²) in [5, 5.41) is 19.6. The fraction of sp³-hybridized carbons (Fsp3) is 0.917. The van der Waals surface area contributed by atoms with E-state index in [4.69, 9.17) is 23.7 Å². The summed E-state index contributed by atoms with van der Waals surface area (Å²) in [6.07, 6.45) is -9.15. The van der Waals surface area contributed by atoms with Gasteiger partial charge in [-0.3, -0.25) is 19.2 Å². The fourth-order valence-corrected chi connectivity index (χ4v) is 13.8. The second-order valence-electron chi connectivity index (χ2n) is 27.7. The second kappa shape index (κ2) is 25.3. The van der Waals surface area contributed by atoms with E-state index in [1.54, 1.807) is 20.8 Å². The highest BCUT2D eigenvalue weighted by Crippen LogP contribution is 2.64. The van der Waals surface area contributed by atoms with E-state index in [0.29, 0.717) is 24.7 Å². The summed E-state index contributed by atoms with van der Waals surface area (Å²) in [6, 6.07) is 0. The predicted octanol–water partition coefficient (Wildman–Crippen LogP) is 15.0. The summed E-state index contributed by atoms with van der Waals surface area (Å²) in [7, 11) is 0. The van der Waals surface area contributed by atoms with Crippen LogP contribution in [-0.4, -0.2) is 99.3 Å². The second-order valence-corrected chi connectivity index (χ2v) is 27.7. The zero-order chi connectivity index (χ0) is 59.5. The number of alkyl halides is 9. The Labute approximate surface area is 476 Å². The van der Waals surface area contributed by atoms with Crippen LogP contribution in [0.5, 0.6) is 0 Å². The molecule has 9 fully saturated rings. The van der Waals surface area contributed by atoms with Crippen LogP contribution in [0, 0.1) is 63.1 Å². The zero-order valence-corrected chi connectivity index (χ0v) is 47.9. The molecule has 6 unspecified atom stereocenters. The minimum atomic E-state index is -6.28. The van der Waals surface area contributed by atoms with Gasteiger partial charge in [-0.05, 0) is 208 Å². The highest BCUT2D eigenvalue weighted by molar-refractivity contribution is 5.81. The Kier molecular flexibility index (Phi) is 23.0. The van der Waals surface area contributed by atoms with Gasteiger partial charge in [0.05, 0.1) is 21.7 Å². The number of halogens is 9. The summed E-state index contributed by atoms with van der Waals surface area (Å²) in [4.78, 5) is 62.4. The molecule has 9 rings (SSSR count). The SMILES string of the molecule is C.C.C.CCC(C)(C)C(=O)OC12CC3CC(CC(C3)C1)C2.CCC(C)(C)C(=O)OC1CC(C(C)(O)C(F)(F)F)CC(C(O)(C(F)(F)F)C(F)(F)F)C1.CCC(C)(C)C(=O)OCC(=O)OC12CC3CC(C1)CC(C(=O)OC(C)(C)C)(C3)C2. The first-order valence-corrected chi connectivity index (χ1v) is 27.9. The average Bonchev–Trinajstić information content (AvgIpc) is 3.27. The van der Waals surface area contributed by atoms with Crippen molar-refractivity contribution in [3.05, 3.63) is 0 Å². The average molecular weight is 1180 g/mol. The molecule has 0 radical (unpaired) electrons. The maximum absolute atomic E-state index is 13.3. The highest BCUT2D eigenvalue weighted by Gasteiger charge is 2.75. The molecule has 81 heavy (non-hydrogen) atoms. The first-order chi connectivity index (χ1) is 35.2. The molecule has 0 aromatic rings. The number of esters is 5. The predicted molar refractivity (Wildman–Crippen MR) is 287 cm³/mol. The Morgan fingerprint density at radius 3 is 1.28 bits per heavy atom. The Balaban J connectivity index is 0.000000419. The van der Waals surface area contributed by atoms with Gasteiger partial charge < -0.3 is 33.9 Å². The molecule has 0 aliphatic heterocycles. The molecule has 2 N–H and O–H groups in total. The lowest BCUT2D eigenvalue weighted by Crippen LogP contribution is -2.64. The molecular formula is C60H99F9O12. The third-order valence-corrected chi connectivity index (χ3v) is 18.9.